The Balaban J connectivity index is 2.88. The number of alkyl halides is 1. The Labute approximate surface area is 117 Å². The smallest absolute Gasteiger partial charge is 0.0778 e. The minimum atomic E-state index is 0.422. The zero-order valence-corrected chi connectivity index (χ0v) is 12.1. The fourth-order valence-electron chi connectivity index (χ4n) is 1.42. The van der Waals surface area contributed by atoms with Crippen molar-refractivity contribution in [1.29, 1.82) is 0 Å². The van der Waals surface area contributed by atoms with E-state index in [9.17, 15) is 0 Å². The van der Waals surface area contributed by atoms with E-state index < -0.39 is 0 Å². The third-order valence-electron chi connectivity index (χ3n) is 2.27. The Hall–Kier alpha value is -0.440. The topological polar surface area (TPSA) is 24.4 Å². The second kappa shape index (κ2) is 7.10. The molecule has 94 valence electrons. The minimum absolute atomic E-state index is 0.422. The SMILES string of the molecule is CCCC(CCl)=NNc1c(C)cc(Cl)cc1Cl. The number of nitrogens with one attached hydrogen (secondary N) is 1. The number of aryl methyl sites for hydroxylation is 1. The van der Waals surface area contributed by atoms with Crippen LogP contribution in [-0.4, -0.2) is 11.6 Å². The lowest BCUT2D eigenvalue weighted by molar-refractivity contribution is 0.983. The lowest BCUT2D eigenvalue weighted by Gasteiger charge is -2.09. The van der Waals surface area contributed by atoms with Crippen molar-refractivity contribution in [3.63, 3.8) is 0 Å². The molecule has 1 aromatic carbocycles. The van der Waals surface area contributed by atoms with Gasteiger partial charge in [-0.15, -0.1) is 11.6 Å². The van der Waals surface area contributed by atoms with Gasteiger partial charge in [0.05, 0.1) is 22.3 Å². The summed E-state index contributed by atoms with van der Waals surface area (Å²) in [6.45, 7) is 4.01. The van der Waals surface area contributed by atoms with Crippen molar-refractivity contribution in [1.82, 2.24) is 0 Å². The Bertz CT molecular complexity index is 393. The third-order valence-corrected chi connectivity index (χ3v) is 3.10. The summed E-state index contributed by atoms with van der Waals surface area (Å²) in [4.78, 5) is 0. The summed E-state index contributed by atoms with van der Waals surface area (Å²) in [6, 6.07) is 3.53. The summed E-state index contributed by atoms with van der Waals surface area (Å²) in [5.41, 5.74) is 5.60. The molecule has 17 heavy (non-hydrogen) atoms. The van der Waals surface area contributed by atoms with Crippen molar-refractivity contribution in [3.8, 4) is 0 Å². The first-order chi connectivity index (χ1) is 8.08. The number of hydrogen-bond donors (Lipinski definition) is 1. The molecular formula is C12H15Cl3N2. The lowest BCUT2D eigenvalue weighted by atomic mass is 10.2. The summed E-state index contributed by atoms with van der Waals surface area (Å²) in [7, 11) is 0. The number of anilines is 1. The van der Waals surface area contributed by atoms with Gasteiger partial charge in [0.1, 0.15) is 0 Å². The molecule has 0 aliphatic heterocycles. The molecule has 2 nitrogen and oxygen atoms in total. The van der Waals surface area contributed by atoms with E-state index in [2.05, 4.69) is 17.5 Å². The van der Waals surface area contributed by atoms with Gasteiger partial charge in [0, 0.05) is 5.02 Å². The van der Waals surface area contributed by atoms with Gasteiger partial charge >= 0.3 is 0 Å². The molecule has 0 unspecified atom stereocenters. The Kier molecular flexibility index (Phi) is 6.10. The van der Waals surface area contributed by atoms with Crippen molar-refractivity contribution < 1.29 is 0 Å². The molecule has 0 radical (unpaired) electrons. The van der Waals surface area contributed by atoms with E-state index in [0.717, 1.165) is 29.8 Å². The molecule has 0 aliphatic carbocycles. The molecule has 0 saturated heterocycles. The number of hydrogen-bond acceptors (Lipinski definition) is 2. The molecule has 0 amide bonds. The Morgan fingerprint density at radius 3 is 2.59 bits per heavy atom. The average Bonchev–Trinajstić information content (AvgIpc) is 2.26. The average molecular weight is 294 g/mol. The highest BCUT2D eigenvalue weighted by Crippen LogP contribution is 2.29. The van der Waals surface area contributed by atoms with Crippen LogP contribution in [0.5, 0.6) is 0 Å². The van der Waals surface area contributed by atoms with Crippen LogP contribution in [0.4, 0.5) is 5.69 Å². The van der Waals surface area contributed by atoms with E-state index in [0.29, 0.717) is 15.9 Å². The molecule has 0 bridgehead atoms. The predicted octanol–water partition coefficient (Wildman–Crippen LogP) is 5.11. The number of rotatable bonds is 5. The normalized spacial score (nSPS) is 11.7. The summed E-state index contributed by atoms with van der Waals surface area (Å²) in [5.74, 6) is 0.422. The second-order valence-electron chi connectivity index (χ2n) is 3.75. The van der Waals surface area contributed by atoms with Gasteiger partial charge in [-0.25, -0.2) is 0 Å². The van der Waals surface area contributed by atoms with Crippen LogP contribution >= 0.6 is 34.8 Å². The van der Waals surface area contributed by atoms with Crippen LogP contribution in [0.25, 0.3) is 0 Å². The van der Waals surface area contributed by atoms with Crippen LogP contribution in [0.2, 0.25) is 10.0 Å². The first-order valence-electron chi connectivity index (χ1n) is 5.41. The molecule has 1 N–H and O–H groups in total. The summed E-state index contributed by atoms with van der Waals surface area (Å²) in [5, 5.41) is 5.44. The van der Waals surface area contributed by atoms with Gasteiger partial charge in [-0.3, -0.25) is 5.43 Å². The summed E-state index contributed by atoms with van der Waals surface area (Å²) >= 11 is 17.8. The molecule has 1 aromatic rings. The monoisotopic (exact) mass is 292 g/mol. The molecule has 0 atom stereocenters. The van der Waals surface area contributed by atoms with E-state index in [-0.39, 0.29) is 0 Å². The maximum Gasteiger partial charge on any atom is 0.0778 e. The van der Waals surface area contributed by atoms with Gasteiger partial charge in [0.15, 0.2) is 0 Å². The third kappa shape index (κ3) is 4.38. The van der Waals surface area contributed by atoms with Crippen molar-refractivity contribution in [2.24, 2.45) is 5.10 Å². The van der Waals surface area contributed by atoms with Crippen LogP contribution < -0.4 is 5.43 Å². The van der Waals surface area contributed by atoms with Gasteiger partial charge in [-0.2, -0.15) is 5.10 Å². The van der Waals surface area contributed by atoms with Crippen LogP contribution in [0.1, 0.15) is 25.3 Å². The highest BCUT2D eigenvalue weighted by Gasteiger charge is 2.05. The van der Waals surface area contributed by atoms with Crippen LogP contribution in [0, 0.1) is 6.92 Å². The van der Waals surface area contributed by atoms with Crippen molar-refractivity contribution in [2.45, 2.75) is 26.7 Å². The minimum Gasteiger partial charge on any atom is -0.277 e. The van der Waals surface area contributed by atoms with Crippen LogP contribution in [-0.2, 0) is 0 Å². The molecule has 0 heterocycles. The molecule has 0 fully saturated rings. The number of benzene rings is 1. The van der Waals surface area contributed by atoms with E-state index in [1.54, 1.807) is 6.07 Å². The lowest BCUT2D eigenvalue weighted by Crippen LogP contribution is -2.04. The Morgan fingerprint density at radius 1 is 1.35 bits per heavy atom. The van der Waals surface area contributed by atoms with Crippen molar-refractivity contribution >= 4 is 46.2 Å². The van der Waals surface area contributed by atoms with E-state index in [1.165, 1.54) is 0 Å². The maximum atomic E-state index is 6.09. The van der Waals surface area contributed by atoms with E-state index >= 15 is 0 Å². The maximum absolute atomic E-state index is 6.09. The standard InChI is InChI=1S/C12H15Cl3N2/c1-3-4-10(7-13)16-17-12-8(2)5-9(14)6-11(12)15/h5-6,17H,3-4,7H2,1-2H3. The quantitative estimate of drug-likeness (QED) is 0.455. The molecule has 0 spiro atoms. The number of halogens is 3. The largest absolute Gasteiger partial charge is 0.277 e. The van der Waals surface area contributed by atoms with Gasteiger partial charge in [-0.05, 0) is 31.0 Å². The van der Waals surface area contributed by atoms with Crippen molar-refractivity contribution in [3.05, 3.63) is 27.7 Å². The molecule has 1 rings (SSSR count). The Morgan fingerprint density at radius 2 is 2.06 bits per heavy atom. The van der Waals surface area contributed by atoms with E-state index in [1.807, 2.05) is 13.0 Å². The van der Waals surface area contributed by atoms with Gasteiger partial charge in [0.2, 0.25) is 0 Å². The van der Waals surface area contributed by atoms with Crippen LogP contribution in [0.15, 0.2) is 17.2 Å². The summed E-state index contributed by atoms with van der Waals surface area (Å²) in [6.07, 6.45) is 1.89. The first-order valence-corrected chi connectivity index (χ1v) is 6.70. The van der Waals surface area contributed by atoms with Crippen LogP contribution in [0.3, 0.4) is 0 Å². The molecule has 0 aromatic heterocycles. The molecular weight excluding hydrogens is 279 g/mol. The number of nitrogens with zero attached hydrogens (tertiary/aromatic N) is 1. The zero-order chi connectivity index (χ0) is 12.8. The molecule has 5 heteroatoms. The molecule has 0 saturated carbocycles. The van der Waals surface area contributed by atoms with Crippen molar-refractivity contribution in [2.75, 3.05) is 11.3 Å². The van der Waals surface area contributed by atoms with Gasteiger partial charge < -0.3 is 0 Å². The van der Waals surface area contributed by atoms with E-state index in [4.69, 9.17) is 34.8 Å². The van der Waals surface area contributed by atoms with Gasteiger partial charge in [-0.1, -0.05) is 36.5 Å². The summed E-state index contributed by atoms with van der Waals surface area (Å²) < 4.78 is 0. The predicted molar refractivity (Wildman–Crippen MR) is 77.9 cm³/mol. The zero-order valence-electron chi connectivity index (χ0n) is 9.86. The molecule has 0 aliphatic rings. The fraction of sp³-hybridized carbons (Fsp3) is 0.417. The first kappa shape index (κ1) is 14.6. The van der Waals surface area contributed by atoms with Gasteiger partial charge in [0.25, 0.3) is 0 Å². The highest BCUT2D eigenvalue weighted by atomic mass is 35.5. The fourth-order valence-corrected chi connectivity index (χ4v) is 2.25. The highest BCUT2D eigenvalue weighted by molar-refractivity contribution is 6.36. The number of hydrazone groups is 1. The second-order valence-corrected chi connectivity index (χ2v) is 4.86.